The highest BCUT2D eigenvalue weighted by atomic mass is 32.2. The van der Waals surface area contributed by atoms with E-state index in [1.807, 2.05) is 18.7 Å². The number of sulfonamides is 1. The van der Waals surface area contributed by atoms with E-state index in [0.29, 0.717) is 37.1 Å². The molecule has 1 heterocycles. The first-order valence-electron chi connectivity index (χ1n) is 10.3. The van der Waals surface area contributed by atoms with Gasteiger partial charge in [0, 0.05) is 30.6 Å². The number of amides is 2. The van der Waals surface area contributed by atoms with E-state index in [2.05, 4.69) is 10.0 Å². The van der Waals surface area contributed by atoms with Crippen LogP contribution in [0.2, 0.25) is 0 Å². The third-order valence-electron chi connectivity index (χ3n) is 5.92. The smallest absolute Gasteiger partial charge is 0.251 e. The number of nitrogens with one attached hydrogen (secondary N) is 2. The molecule has 0 aromatic heterocycles. The summed E-state index contributed by atoms with van der Waals surface area (Å²) in [4.78, 5) is 27.3. The van der Waals surface area contributed by atoms with E-state index in [1.54, 1.807) is 19.9 Å². The van der Waals surface area contributed by atoms with Gasteiger partial charge in [-0.2, -0.15) is 0 Å². The predicted molar refractivity (Wildman–Crippen MR) is 113 cm³/mol. The highest BCUT2D eigenvalue weighted by Crippen LogP contribution is 2.22. The average Bonchev–Trinajstić information content (AvgIpc) is 2.71. The van der Waals surface area contributed by atoms with Gasteiger partial charge in [-0.15, -0.1) is 0 Å². The van der Waals surface area contributed by atoms with Gasteiger partial charge in [0.1, 0.15) is 0 Å². The molecule has 0 saturated carbocycles. The maximum Gasteiger partial charge on any atom is 0.251 e. The fraction of sp³-hybridized carbons (Fsp3) is 0.619. The Hall–Kier alpha value is -1.93. The summed E-state index contributed by atoms with van der Waals surface area (Å²) in [6.07, 6.45) is 3.08. The van der Waals surface area contributed by atoms with Crippen molar-refractivity contribution in [1.82, 2.24) is 14.9 Å². The van der Waals surface area contributed by atoms with Crippen molar-refractivity contribution in [3.63, 3.8) is 0 Å². The van der Waals surface area contributed by atoms with Crippen LogP contribution in [0.3, 0.4) is 0 Å². The van der Waals surface area contributed by atoms with Crippen LogP contribution in [0.4, 0.5) is 0 Å². The Morgan fingerprint density at radius 1 is 1.14 bits per heavy atom. The molecule has 2 rings (SSSR count). The van der Waals surface area contributed by atoms with Gasteiger partial charge >= 0.3 is 0 Å². The third-order valence-corrected chi connectivity index (χ3v) is 7.46. The van der Waals surface area contributed by atoms with Crippen LogP contribution < -0.4 is 10.0 Å². The molecule has 0 unspecified atom stereocenters. The Kier molecular flexibility index (Phi) is 7.82. The topological polar surface area (TPSA) is 95.6 Å². The lowest BCUT2D eigenvalue weighted by molar-refractivity contribution is -0.136. The summed E-state index contributed by atoms with van der Waals surface area (Å²) in [6, 6.07) is 3.11. The van der Waals surface area contributed by atoms with Crippen LogP contribution in [0, 0.1) is 19.8 Å². The zero-order valence-electron chi connectivity index (χ0n) is 18.0. The number of piperidine rings is 1. The molecule has 2 N–H and O–H groups in total. The summed E-state index contributed by atoms with van der Waals surface area (Å²) in [5.74, 6) is -0.00880. The number of carbonyl (C=O) groups excluding carboxylic acids is 2. The van der Waals surface area contributed by atoms with Crippen LogP contribution in [0.25, 0.3) is 0 Å². The maximum atomic E-state index is 12.8. The maximum absolute atomic E-state index is 12.8. The predicted octanol–water partition coefficient (Wildman–Crippen LogP) is 2.37. The molecular formula is C21H33N3O4S. The molecule has 0 aliphatic carbocycles. The Morgan fingerprint density at radius 2 is 1.72 bits per heavy atom. The van der Waals surface area contributed by atoms with Crippen molar-refractivity contribution in [2.45, 2.75) is 64.3 Å². The molecule has 0 atom stereocenters. The zero-order valence-corrected chi connectivity index (χ0v) is 18.9. The molecular weight excluding hydrogens is 390 g/mol. The second-order valence-electron chi connectivity index (χ2n) is 7.71. The lowest BCUT2D eigenvalue weighted by Crippen LogP contribution is -2.48. The van der Waals surface area contributed by atoms with Crippen LogP contribution in [-0.4, -0.2) is 51.3 Å². The van der Waals surface area contributed by atoms with E-state index in [0.717, 1.165) is 18.4 Å². The van der Waals surface area contributed by atoms with Gasteiger partial charge in [0.25, 0.3) is 5.91 Å². The van der Waals surface area contributed by atoms with Crippen molar-refractivity contribution in [1.29, 1.82) is 0 Å². The minimum atomic E-state index is -3.64. The number of rotatable bonds is 7. The van der Waals surface area contributed by atoms with Crippen LogP contribution >= 0.6 is 0 Å². The van der Waals surface area contributed by atoms with E-state index in [4.69, 9.17) is 0 Å². The van der Waals surface area contributed by atoms with E-state index in [1.165, 1.54) is 13.1 Å². The molecule has 1 aliphatic rings. The second kappa shape index (κ2) is 9.71. The highest BCUT2D eigenvalue weighted by molar-refractivity contribution is 7.89. The molecule has 0 radical (unpaired) electrons. The Morgan fingerprint density at radius 3 is 2.24 bits per heavy atom. The number of hydrogen-bond acceptors (Lipinski definition) is 4. The average molecular weight is 424 g/mol. The highest BCUT2D eigenvalue weighted by Gasteiger charge is 2.28. The normalized spacial score (nSPS) is 15.6. The van der Waals surface area contributed by atoms with Gasteiger partial charge in [-0.1, -0.05) is 13.8 Å². The van der Waals surface area contributed by atoms with Crippen molar-refractivity contribution in [2.24, 2.45) is 5.92 Å². The SMILES string of the molecule is CCC(CC)C(=O)N1CCC(NC(=O)c2cc(C)c(C)c(S(=O)(=O)NC)c2)CC1. The lowest BCUT2D eigenvalue weighted by atomic mass is 9.98. The van der Waals surface area contributed by atoms with Crippen LogP contribution in [0.1, 0.15) is 61.0 Å². The van der Waals surface area contributed by atoms with Gasteiger partial charge in [0.2, 0.25) is 15.9 Å². The van der Waals surface area contributed by atoms with Crippen LogP contribution in [-0.2, 0) is 14.8 Å². The third kappa shape index (κ3) is 5.36. The molecule has 1 aromatic rings. The summed E-state index contributed by atoms with van der Waals surface area (Å²) in [7, 11) is -2.29. The van der Waals surface area contributed by atoms with Gasteiger partial charge < -0.3 is 10.2 Å². The van der Waals surface area contributed by atoms with Crippen molar-refractivity contribution in [2.75, 3.05) is 20.1 Å². The number of likely N-dealkylation sites (tertiary alicyclic amines) is 1. The standard InChI is InChI=1S/C21H33N3O4S/c1-6-16(7-2)21(26)24-10-8-18(9-11-24)23-20(25)17-12-14(3)15(4)19(13-17)29(27,28)22-5/h12-13,16,18,22H,6-11H2,1-5H3,(H,23,25). The number of nitrogens with zero attached hydrogens (tertiary/aromatic N) is 1. The molecule has 2 amide bonds. The number of carbonyl (C=O) groups is 2. The molecule has 8 heteroatoms. The summed E-state index contributed by atoms with van der Waals surface area (Å²) >= 11 is 0. The number of benzene rings is 1. The first-order valence-corrected chi connectivity index (χ1v) is 11.8. The zero-order chi connectivity index (χ0) is 21.8. The lowest BCUT2D eigenvalue weighted by Gasteiger charge is -2.34. The Balaban J connectivity index is 2.06. The van der Waals surface area contributed by atoms with Gasteiger partial charge in [-0.05, 0) is 69.8 Å². The summed E-state index contributed by atoms with van der Waals surface area (Å²) in [5, 5.41) is 3.00. The van der Waals surface area contributed by atoms with Crippen LogP contribution in [0.15, 0.2) is 17.0 Å². The number of hydrogen-bond donors (Lipinski definition) is 2. The number of aryl methyl sites for hydroxylation is 1. The van der Waals surface area contributed by atoms with Crippen molar-refractivity contribution >= 4 is 21.8 Å². The minimum absolute atomic E-state index is 0.0285. The quantitative estimate of drug-likeness (QED) is 0.704. The van der Waals surface area contributed by atoms with Crippen molar-refractivity contribution in [3.05, 3.63) is 28.8 Å². The molecule has 1 saturated heterocycles. The molecule has 1 fully saturated rings. The summed E-state index contributed by atoms with van der Waals surface area (Å²) < 4.78 is 26.8. The van der Waals surface area contributed by atoms with E-state index >= 15 is 0 Å². The molecule has 0 spiro atoms. The molecule has 29 heavy (non-hydrogen) atoms. The molecule has 162 valence electrons. The minimum Gasteiger partial charge on any atom is -0.349 e. The van der Waals surface area contributed by atoms with E-state index in [-0.39, 0.29) is 28.7 Å². The first kappa shape index (κ1) is 23.3. The second-order valence-corrected chi connectivity index (χ2v) is 9.57. The fourth-order valence-corrected chi connectivity index (χ4v) is 4.82. The molecule has 1 aromatic carbocycles. The van der Waals surface area contributed by atoms with Gasteiger partial charge in [-0.25, -0.2) is 13.1 Å². The Labute approximate surface area is 174 Å². The summed E-state index contributed by atoms with van der Waals surface area (Å²) in [6.45, 7) is 8.85. The van der Waals surface area contributed by atoms with Gasteiger partial charge in [-0.3, -0.25) is 9.59 Å². The molecule has 7 nitrogen and oxygen atoms in total. The monoisotopic (exact) mass is 423 g/mol. The summed E-state index contributed by atoms with van der Waals surface area (Å²) in [5.41, 5.74) is 1.71. The van der Waals surface area contributed by atoms with Gasteiger partial charge in [0.05, 0.1) is 4.90 Å². The Bertz CT molecular complexity index is 855. The van der Waals surface area contributed by atoms with Gasteiger partial charge in [0.15, 0.2) is 0 Å². The van der Waals surface area contributed by atoms with E-state index in [9.17, 15) is 18.0 Å². The fourth-order valence-electron chi connectivity index (χ4n) is 3.76. The van der Waals surface area contributed by atoms with E-state index < -0.39 is 10.0 Å². The van der Waals surface area contributed by atoms with Crippen molar-refractivity contribution in [3.8, 4) is 0 Å². The first-order chi connectivity index (χ1) is 13.6. The largest absolute Gasteiger partial charge is 0.349 e. The van der Waals surface area contributed by atoms with Crippen LogP contribution in [0.5, 0.6) is 0 Å². The molecule has 0 bridgehead atoms. The molecule has 1 aliphatic heterocycles. The van der Waals surface area contributed by atoms with Crippen molar-refractivity contribution < 1.29 is 18.0 Å².